The van der Waals surface area contributed by atoms with Crippen LogP contribution in [0.15, 0.2) is 83.5 Å². The number of H-pyrrole nitrogens is 1. The summed E-state index contributed by atoms with van der Waals surface area (Å²) in [6.07, 6.45) is 4.07. The number of furan rings is 1. The maximum Gasteiger partial charge on any atom is 0.255 e. The lowest BCUT2D eigenvalue weighted by molar-refractivity contribution is 0.0964. The van der Waals surface area contributed by atoms with E-state index in [1.807, 2.05) is 30.3 Å². The van der Waals surface area contributed by atoms with Gasteiger partial charge in [-0.15, -0.1) is 0 Å². The van der Waals surface area contributed by atoms with Crippen LogP contribution in [0, 0.1) is 5.82 Å². The van der Waals surface area contributed by atoms with Gasteiger partial charge in [-0.25, -0.2) is 17.8 Å². The van der Waals surface area contributed by atoms with Crippen LogP contribution in [0.2, 0.25) is 0 Å². The molecule has 224 valence electrons. The van der Waals surface area contributed by atoms with E-state index in [1.54, 1.807) is 12.3 Å². The molecular weight excluding hydrogens is 588 g/mol. The number of anilines is 1. The molecule has 3 aromatic heterocycles. The van der Waals surface area contributed by atoms with Crippen LogP contribution >= 0.6 is 0 Å². The summed E-state index contributed by atoms with van der Waals surface area (Å²) in [4.78, 5) is 25.8. The van der Waals surface area contributed by atoms with Gasteiger partial charge in [0.25, 0.3) is 5.91 Å². The molecule has 0 saturated carbocycles. The number of aromatic amines is 1. The number of hydrogen-bond donors (Lipinski definition) is 2. The molecule has 0 aliphatic heterocycles. The SMILES string of the molecule is CNC(=O)c1c(-c2ccc(F)cc2)oc2cc(N(CCCF)S(C)(=O)=O)c(-c3cncc(-c4cc5ccccc5[nH]4)n3)cc12. The van der Waals surface area contributed by atoms with Crippen molar-refractivity contribution in [2.75, 3.05) is 30.8 Å². The van der Waals surface area contributed by atoms with E-state index in [-0.39, 0.29) is 35.6 Å². The normalized spacial score (nSPS) is 11.7. The molecule has 0 unspecified atom stereocenters. The number of para-hydroxylation sites is 1. The van der Waals surface area contributed by atoms with E-state index in [0.717, 1.165) is 21.5 Å². The average molecular weight is 616 g/mol. The van der Waals surface area contributed by atoms with Crippen molar-refractivity contribution >= 4 is 43.5 Å². The molecule has 2 N–H and O–H groups in total. The second kappa shape index (κ2) is 11.5. The van der Waals surface area contributed by atoms with Crippen molar-refractivity contribution in [1.29, 1.82) is 0 Å². The predicted octanol–water partition coefficient (Wildman–Crippen LogP) is 6.33. The van der Waals surface area contributed by atoms with Gasteiger partial charge < -0.3 is 14.7 Å². The summed E-state index contributed by atoms with van der Waals surface area (Å²) >= 11 is 0. The number of sulfonamides is 1. The number of halogens is 2. The van der Waals surface area contributed by atoms with Crippen molar-refractivity contribution in [2.24, 2.45) is 0 Å². The van der Waals surface area contributed by atoms with E-state index in [1.165, 1.54) is 43.6 Å². The first-order chi connectivity index (χ1) is 21.2. The zero-order valence-electron chi connectivity index (χ0n) is 23.8. The molecular formula is C32H27F2N5O4S. The van der Waals surface area contributed by atoms with Crippen molar-refractivity contribution < 1.29 is 26.4 Å². The number of nitrogens with one attached hydrogen (secondary N) is 2. The number of carbonyl (C=O) groups is 1. The van der Waals surface area contributed by atoms with Gasteiger partial charge in [-0.3, -0.25) is 18.5 Å². The minimum Gasteiger partial charge on any atom is -0.455 e. The predicted molar refractivity (Wildman–Crippen MR) is 166 cm³/mol. The molecule has 9 nitrogen and oxygen atoms in total. The largest absolute Gasteiger partial charge is 0.455 e. The number of benzene rings is 3. The minimum atomic E-state index is -3.90. The Hall–Kier alpha value is -5.10. The van der Waals surface area contributed by atoms with E-state index in [0.29, 0.717) is 33.6 Å². The van der Waals surface area contributed by atoms with Gasteiger partial charge in [0.2, 0.25) is 10.0 Å². The Morgan fingerprint density at radius 1 is 1.05 bits per heavy atom. The van der Waals surface area contributed by atoms with Gasteiger partial charge in [0, 0.05) is 47.1 Å². The maximum atomic E-state index is 13.7. The lowest BCUT2D eigenvalue weighted by atomic mass is 10.0. The molecule has 0 saturated heterocycles. The van der Waals surface area contributed by atoms with Crippen molar-refractivity contribution in [3.05, 3.63) is 90.5 Å². The summed E-state index contributed by atoms with van der Waals surface area (Å²) in [7, 11) is -2.43. The average Bonchev–Trinajstić information content (AvgIpc) is 3.62. The number of rotatable bonds is 9. The third-order valence-corrected chi connectivity index (χ3v) is 8.43. The van der Waals surface area contributed by atoms with Crippen LogP contribution in [-0.4, -0.2) is 55.8 Å². The fourth-order valence-electron chi connectivity index (χ4n) is 5.20. The van der Waals surface area contributed by atoms with E-state index in [9.17, 15) is 22.0 Å². The fourth-order valence-corrected chi connectivity index (χ4v) is 6.17. The molecule has 0 spiro atoms. The van der Waals surface area contributed by atoms with E-state index < -0.39 is 28.4 Å². The Morgan fingerprint density at radius 2 is 1.80 bits per heavy atom. The monoisotopic (exact) mass is 615 g/mol. The summed E-state index contributed by atoms with van der Waals surface area (Å²) in [5, 5.41) is 3.97. The summed E-state index contributed by atoms with van der Waals surface area (Å²) in [6.45, 7) is -0.869. The summed E-state index contributed by atoms with van der Waals surface area (Å²) < 4.78 is 60.4. The highest BCUT2D eigenvalue weighted by molar-refractivity contribution is 7.92. The number of alkyl halides is 1. The number of nitrogens with zero attached hydrogens (tertiary/aromatic N) is 3. The molecule has 0 aliphatic rings. The highest BCUT2D eigenvalue weighted by atomic mass is 32.2. The summed E-state index contributed by atoms with van der Waals surface area (Å²) in [5.41, 5.74) is 3.78. The van der Waals surface area contributed by atoms with E-state index in [4.69, 9.17) is 9.40 Å². The number of fused-ring (bicyclic) bond motifs is 2. The van der Waals surface area contributed by atoms with E-state index >= 15 is 0 Å². The molecule has 12 heteroatoms. The third-order valence-electron chi connectivity index (χ3n) is 7.25. The Kier molecular flexibility index (Phi) is 7.60. The Morgan fingerprint density at radius 3 is 2.50 bits per heavy atom. The topological polar surface area (TPSA) is 121 Å². The van der Waals surface area contributed by atoms with Crippen LogP contribution in [0.1, 0.15) is 16.8 Å². The standard InChI is InChI=1S/C32H27F2N5O4S/c1-35-32(40)30-23-15-22(26-17-36-18-27(38-26)25-14-20-6-3-4-7-24(20)37-25)28(39(13-5-12-33)44(2,41)42)16-29(23)43-31(30)19-8-10-21(34)11-9-19/h3-4,6-11,14-18,37H,5,12-13H2,1-2H3,(H,35,40). The van der Waals surface area contributed by atoms with Gasteiger partial charge in [-0.2, -0.15) is 0 Å². The molecule has 0 fully saturated rings. The van der Waals surface area contributed by atoms with Crippen LogP contribution in [0.3, 0.4) is 0 Å². The molecule has 0 bridgehead atoms. The number of hydrogen-bond acceptors (Lipinski definition) is 6. The molecule has 1 amide bonds. The lowest BCUT2D eigenvalue weighted by Gasteiger charge is -2.24. The highest BCUT2D eigenvalue weighted by Gasteiger charge is 2.28. The Balaban J connectivity index is 1.62. The Bertz CT molecular complexity index is 2090. The zero-order chi connectivity index (χ0) is 31.0. The lowest BCUT2D eigenvalue weighted by Crippen LogP contribution is -2.31. The van der Waals surface area contributed by atoms with Gasteiger partial charge in [-0.1, -0.05) is 18.2 Å². The molecule has 0 radical (unpaired) electrons. The first-order valence-electron chi connectivity index (χ1n) is 13.7. The van der Waals surface area contributed by atoms with Gasteiger partial charge >= 0.3 is 0 Å². The first kappa shape index (κ1) is 29.0. The van der Waals surface area contributed by atoms with Crippen LogP contribution < -0.4 is 9.62 Å². The minimum absolute atomic E-state index is 0.0478. The molecule has 6 rings (SSSR count). The van der Waals surface area contributed by atoms with Gasteiger partial charge in [0.15, 0.2) is 0 Å². The van der Waals surface area contributed by atoms with Gasteiger partial charge in [0.1, 0.15) is 22.9 Å². The van der Waals surface area contributed by atoms with Crippen LogP contribution in [-0.2, 0) is 10.0 Å². The number of aromatic nitrogens is 3. The quantitative estimate of drug-likeness (QED) is 0.196. The maximum absolute atomic E-state index is 13.7. The molecule has 6 aromatic rings. The van der Waals surface area contributed by atoms with Crippen molar-refractivity contribution in [3.8, 4) is 34.0 Å². The third kappa shape index (κ3) is 5.39. The van der Waals surface area contributed by atoms with Gasteiger partial charge in [-0.05, 0) is 48.9 Å². The second-order valence-corrected chi connectivity index (χ2v) is 12.1. The van der Waals surface area contributed by atoms with Gasteiger partial charge in [0.05, 0.1) is 48.0 Å². The number of amides is 1. The van der Waals surface area contributed by atoms with E-state index in [2.05, 4.69) is 15.3 Å². The summed E-state index contributed by atoms with van der Waals surface area (Å²) in [5.74, 6) is -0.742. The molecule has 3 aromatic carbocycles. The van der Waals surface area contributed by atoms with Crippen LogP contribution in [0.25, 0.3) is 55.8 Å². The smallest absolute Gasteiger partial charge is 0.255 e. The van der Waals surface area contributed by atoms with Crippen molar-refractivity contribution in [3.63, 3.8) is 0 Å². The molecule has 0 aliphatic carbocycles. The second-order valence-electron chi connectivity index (χ2n) is 10.2. The van der Waals surface area contributed by atoms with Crippen LogP contribution in [0.5, 0.6) is 0 Å². The van der Waals surface area contributed by atoms with Crippen molar-refractivity contribution in [2.45, 2.75) is 6.42 Å². The molecule has 44 heavy (non-hydrogen) atoms. The first-order valence-corrected chi connectivity index (χ1v) is 15.6. The highest BCUT2D eigenvalue weighted by Crippen LogP contribution is 2.41. The van der Waals surface area contributed by atoms with Crippen LogP contribution in [0.4, 0.5) is 14.5 Å². The Labute approximate surface area is 251 Å². The fraction of sp³-hybridized carbons (Fsp3) is 0.156. The number of carbonyl (C=O) groups excluding carboxylic acids is 1. The van der Waals surface area contributed by atoms with Crippen molar-refractivity contribution in [1.82, 2.24) is 20.3 Å². The molecule has 0 atom stereocenters. The molecule has 3 heterocycles. The zero-order valence-corrected chi connectivity index (χ0v) is 24.6. The summed E-state index contributed by atoms with van der Waals surface area (Å²) in [6, 6.07) is 18.3.